The van der Waals surface area contributed by atoms with E-state index < -0.39 is 24.7 Å². The average molecular weight is 615 g/mol. The molecule has 3 aromatic carbocycles. The van der Waals surface area contributed by atoms with Crippen molar-refractivity contribution in [2.75, 3.05) is 19.8 Å². The minimum absolute atomic E-state index is 0.0780. The molecule has 0 aliphatic rings. The molecule has 3 aromatic rings. The molecule has 0 unspecified atom stereocenters. The van der Waals surface area contributed by atoms with Gasteiger partial charge in [0.2, 0.25) is 0 Å². The lowest BCUT2D eigenvalue weighted by molar-refractivity contribution is -0.174. The monoisotopic (exact) mass is 614 g/mol. The molecule has 0 spiro atoms. The molecule has 0 aliphatic carbocycles. The molecule has 0 aromatic heterocycles. The van der Waals surface area contributed by atoms with E-state index in [1.165, 1.54) is 6.42 Å². The van der Waals surface area contributed by atoms with Crippen LogP contribution < -0.4 is 9.47 Å². The number of ether oxygens (including phenoxy) is 4. The van der Waals surface area contributed by atoms with Crippen molar-refractivity contribution in [3.63, 3.8) is 0 Å². The quantitative estimate of drug-likeness (QED) is 0.0808. The third kappa shape index (κ3) is 12.8. The van der Waals surface area contributed by atoms with Crippen molar-refractivity contribution in [1.82, 2.24) is 0 Å². The minimum Gasteiger partial charge on any atom is -0.494 e. The molecule has 44 heavy (non-hydrogen) atoms. The molecule has 9 heteroatoms. The molecule has 0 N–H and O–H groups in total. The molecule has 0 radical (unpaired) electrons. The van der Waals surface area contributed by atoms with Crippen LogP contribution in [0.25, 0.3) is 11.1 Å². The number of hydrogen-bond donors (Lipinski definition) is 0. The SMILES string of the molecule is CCCCCC[C@H](C)OC(=O)c1ccc(OC(=O)c2ccc(-c3ccc(OCCCCCOCC(F)(F)F)cc3)cc2)cc1. The third-order valence-corrected chi connectivity index (χ3v) is 6.85. The van der Waals surface area contributed by atoms with Gasteiger partial charge in [0, 0.05) is 6.61 Å². The zero-order valence-electron chi connectivity index (χ0n) is 25.4. The normalized spacial score (nSPS) is 12.0. The van der Waals surface area contributed by atoms with Crippen LogP contribution in [0.4, 0.5) is 13.2 Å². The Morgan fingerprint density at radius 3 is 1.86 bits per heavy atom. The third-order valence-electron chi connectivity index (χ3n) is 6.85. The summed E-state index contributed by atoms with van der Waals surface area (Å²) in [7, 11) is 0. The fourth-order valence-electron chi connectivity index (χ4n) is 4.40. The molecular weight excluding hydrogens is 573 g/mol. The highest BCUT2D eigenvalue weighted by Gasteiger charge is 2.27. The number of hydrogen-bond acceptors (Lipinski definition) is 6. The van der Waals surface area contributed by atoms with Crippen LogP contribution in [0.5, 0.6) is 11.5 Å². The number of rotatable bonds is 18. The maximum absolute atomic E-state index is 12.7. The molecule has 6 nitrogen and oxygen atoms in total. The highest BCUT2D eigenvalue weighted by atomic mass is 19.4. The van der Waals surface area contributed by atoms with Crippen LogP contribution >= 0.6 is 0 Å². The summed E-state index contributed by atoms with van der Waals surface area (Å²) in [5.41, 5.74) is 2.64. The van der Waals surface area contributed by atoms with E-state index in [2.05, 4.69) is 11.7 Å². The highest BCUT2D eigenvalue weighted by molar-refractivity contribution is 5.92. The van der Waals surface area contributed by atoms with Gasteiger partial charge in [0.05, 0.1) is 23.8 Å². The second-order valence-electron chi connectivity index (χ2n) is 10.7. The molecule has 0 heterocycles. The lowest BCUT2D eigenvalue weighted by Gasteiger charge is -2.13. The Morgan fingerprint density at radius 2 is 1.23 bits per heavy atom. The summed E-state index contributed by atoms with van der Waals surface area (Å²) in [5.74, 6) is 0.114. The van der Waals surface area contributed by atoms with Crippen molar-refractivity contribution in [3.8, 4) is 22.6 Å². The first-order chi connectivity index (χ1) is 21.1. The lowest BCUT2D eigenvalue weighted by atomic mass is 10.0. The van der Waals surface area contributed by atoms with E-state index in [-0.39, 0.29) is 12.7 Å². The van der Waals surface area contributed by atoms with Crippen molar-refractivity contribution >= 4 is 11.9 Å². The molecule has 0 bridgehead atoms. The van der Waals surface area contributed by atoms with Crippen molar-refractivity contribution in [3.05, 3.63) is 83.9 Å². The highest BCUT2D eigenvalue weighted by Crippen LogP contribution is 2.24. The van der Waals surface area contributed by atoms with Gasteiger partial charge in [0.25, 0.3) is 0 Å². The van der Waals surface area contributed by atoms with Gasteiger partial charge in [-0.3, -0.25) is 0 Å². The van der Waals surface area contributed by atoms with Crippen LogP contribution in [-0.2, 0) is 9.47 Å². The lowest BCUT2D eigenvalue weighted by Crippen LogP contribution is -2.17. The Kier molecular flexibility index (Phi) is 14.2. The largest absolute Gasteiger partial charge is 0.494 e. The van der Waals surface area contributed by atoms with Gasteiger partial charge >= 0.3 is 18.1 Å². The number of alkyl halides is 3. The van der Waals surface area contributed by atoms with E-state index in [0.717, 1.165) is 36.8 Å². The van der Waals surface area contributed by atoms with E-state index >= 15 is 0 Å². The first-order valence-electron chi connectivity index (χ1n) is 15.2. The average Bonchev–Trinajstić information content (AvgIpc) is 3.01. The Morgan fingerprint density at radius 1 is 0.682 bits per heavy atom. The van der Waals surface area contributed by atoms with E-state index in [9.17, 15) is 22.8 Å². The number of carbonyl (C=O) groups is 2. The second kappa shape index (κ2) is 18.1. The minimum atomic E-state index is -4.29. The molecule has 0 aliphatic heterocycles. The number of esters is 2. The summed E-state index contributed by atoms with van der Waals surface area (Å²) in [5, 5.41) is 0. The zero-order chi connectivity index (χ0) is 31.8. The standard InChI is InChI=1S/C35H41F3O6/c1-3-4-5-7-10-26(2)43-33(39)30-17-21-32(22-18-30)44-34(40)29-13-11-27(12-14-29)28-15-19-31(20-16-28)42-24-9-6-8-23-41-25-35(36,37)38/h11-22,26H,3-10,23-25H2,1-2H3/t26-/m0/s1. The molecule has 1 atom stereocenters. The predicted molar refractivity (Wildman–Crippen MR) is 163 cm³/mol. The molecular formula is C35H41F3O6. The maximum Gasteiger partial charge on any atom is 0.411 e. The smallest absolute Gasteiger partial charge is 0.411 e. The van der Waals surface area contributed by atoms with Crippen molar-refractivity contribution in [1.29, 1.82) is 0 Å². The number of halogens is 3. The van der Waals surface area contributed by atoms with Gasteiger partial charge in [-0.2, -0.15) is 13.2 Å². The number of carbonyl (C=O) groups excluding carboxylic acids is 2. The molecule has 0 fully saturated rings. The molecule has 238 valence electrons. The van der Waals surface area contributed by atoms with Gasteiger partial charge in [-0.25, -0.2) is 9.59 Å². The summed E-state index contributed by atoms with van der Waals surface area (Å²) >= 11 is 0. The topological polar surface area (TPSA) is 71.1 Å². The van der Waals surface area contributed by atoms with E-state index in [1.807, 2.05) is 43.3 Å². The Hall–Kier alpha value is -3.85. The van der Waals surface area contributed by atoms with Gasteiger partial charge in [-0.05, 0) is 98.7 Å². The zero-order valence-corrected chi connectivity index (χ0v) is 25.4. The number of unbranched alkanes of at least 4 members (excludes halogenated alkanes) is 5. The van der Waals surface area contributed by atoms with Gasteiger partial charge in [0.1, 0.15) is 18.1 Å². The first kappa shape index (κ1) is 34.6. The van der Waals surface area contributed by atoms with Gasteiger partial charge in [-0.1, -0.05) is 50.5 Å². The Bertz CT molecular complexity index is 1270. The summed E-state index contributed by atoms with van der Waals surface area (Å²) in [6.45, 7) is 3.38. The van der Waals surface area contributed by atoms with Gasteiger partial charge in [0.15, 0.2) is 0 Å². The predicted octanol–water partition coefficient (Wildman–Crippen LogP) is 9.22. The Labute approximate surface area is 257 Å². The van der Waals surface area contributed by atoms with E-state index in [1.54, 1.807) is 36.4 Å². The molecule has 3 rings (SSSR count). The fraction of sp³-hybridized carbons (Fsp3) is 0.429. The summed E-state index contributed by atoms with van der Waals surface area (Å²) in [4.78, 5) is 25.1. The fourth-order valence-corrected chi connectivity index (χ4v) is 4.40. The van der Waals surface area contributed by atoms with Crippen LogP contribution in [-0.4, -0.2) is 44.0 Å². The Balaban J connectivity index is 1.40. The van der Waals surface area contributed by atoms with Crippen LogP contribution in [0, 0.1) is 0 Å². The first-order valence-corrected chi connectivity index (χ1v) is 15.2. The van der Waals surface area contributed by atoms with Crippen LogP contribution in [0.15, 0.2) is 72.8 Å². The molecule has 0 saturated heterocycles. The molecule has 0 saturated carbocycles. The second-order valence-corrected chi connectivity index (χ2v) is 10.7. The summed E-state index contributed by atoms with van der Waals surface area (Å²) in [6.07, 6.45) is 2.86. The van der Waals surface area contributed by atoms with Crippen molar-refractivity contribution in [2.45, 2.75) is 77.5 Å². The molecule has 0 amide bonds. The van der Waals surface area contributed by atoms with Crippen LogP contribution in [0.3, 0.4) is 0 Å². The van der Waals surface area contributed by atoms with E-state index in [0.29, 0.717) is 48.5 Å². The maximum atomic E-state index is 12.7. The van der Waals surface area contributed by atoms with Crippen LogP contribution in [0.1, 0.15) is 85.9 Å². The van der Waals surface area contributed by atoms with Gasteiger partial charge < -0.3 is 18.9 Å². The summed E-state index contributed by atoms with van der Waals surface area (Å²) in [6, 6.07) is 20.9. The van der Waals surface area contributed by atoms with Gasteiger partial charge in [-0.15, -0.1) is 0 Å². The van der Waals surface area contributed by atoms with Crippen LogP contribution in [0.2, 0.25) is 0 Å². The van der Waals surface area contributed by atoms with Crippen molar-refractivity contribution in [2.24, 2.45) is 0 Å². The van der Waals surface area contributed by atoms with E-state index in [4.69, 9.17) is 14.2 Å². The number of benzene rings is 3. The summed E-state index contributed by atoms with van der Waals surface area (Å²) < 4.78 is 57.5. The van der Waals surface area contributed by atoms with Crippen molar-refractivity contribution < 1.29 is 41.7 Å².